The predicted molar refractivity (Wildman–Crippen MR) is 122 cm³/mol. The molecule has 0 saturated heterocycles. The summed E-state index contributed by atoms with van der Waals surface area (Å²) >= 11 is 6.28. The molecule has 0 radical (unpaired) electrons. The largest absolute Gasteiger partial charge is 0.496 e. The SMILES string of the molecule is CCC(C)C(NC(=O)O)C(=O)Nc1ccn2cc(-c3cc(Cl)c(OC)cc3OC)nc2c1. The highest BCUT2D eigenvalue weighted by molar-refractivity contribution is 6.32. The molecular formula is C22H25ClN4O5. The first-order valence-corrected chi connectivity index (χ1v) is 10.4. The number of benzene rings is 1. The van der Waals surface area contributed by atoms with Crippen molar-refractivity contribution in [2.24, 2.45) is 5.92 Å². The molecule has 170 valence electrons. The van der Waals surface area contributed by atoms with Gasteiger partial charge in [-0.05, 0) is 18.1 Å². The van der Waals surface area contributed by atoms with Crippen LogP contribution < -0.4 is 20.1 Å². The number of nitrogens with zero attached hydrogens (tertiary/aromatic N) is 2. The molecule has 3 N–H and O–H groups in total. The molecule has 32 heavy (non-hydrogen) atoms. The Labute approximate surface area is 190 Å². The number of imidazole rings is 1. The first kappa shape index (κ1) is 23.2. The lowest BCUT2D eigenvalue weighted by molar-refractivity contribution is -0.119. The van der Waals surface area contributed by atoms with Gasteiger partial charge in [-0.2, -0.15) is 0 Å². The van der Waals surface area contributed by atoms with Crippen molar-refractivity contribution in [3.63, 3.8) is 0 Å². The minimum Gasteiger partial charge on any atom is -0.496 e. The fourth-order valence-electron chi connectivity index (χ4n) is 3.30. The normalized spacial score (nSPS) is 12.8. The Kier molecular flexibility index (Phi) is 7.09. The number of methoxy groups -OCH3 is 2. The van der Waals surface area contributed by atoms with Crippen LogP contribution in [-0.4, -0.2) is 46.8 Å². The van der Waals surface area contributed by atoms with Gasteiger partial charge in [-0.25, -0.2) is 9.78 Å². The highest BCUT2D eigenvalue weighted by atomic mass is 35.5. The minimum atomic E-state index is -1.24. The van der Waals surface area contributed by atoms with E-state index in [4.69, 9.17) is 26.2 Å². The molecule has 1 aromatic carbocycles. The Hall–Kier alpha value is -3.46. The predicted octanol–water partition coefficient (Wildman–Crippen LogP) is 4.29. The van der Waals surface area contributed by atoms with Gasteiger partial charge >= 0.3 is 6.09 Å². The summed E-state index contributed by atoms with van der Waals surface area (Å²) in [6.45, 7) is 3.71. The molecule has 10 heteroatoms. The van der Waals surface area contributed by atoms with Crippen LogP contribution >= 0.6 is 11.6 Å². The smallest absolute Gasteiger partial charge is 0.405 e. The van der Waals surface area contributed by atoms with E-state index in [2.05, 4.69) is 15.6 Å². The quantitative estimate of drug-likeness (QED) is 0.462. The number of fused-ring (bicyclic) bond motifs is 1. The first-order chi connectivity index (χ1) is 15.3. The highest BCUT2D eigenvalue weighted by Gasteiger charge is 2.26. The molecule has 0 saturated carbocycles. The van der Waals surface area contributed by atoms with Crippen molar-refractivity contribution in [2.45, 2.75) is 26.3 Å². The first-order valence-electron chi connectivity index (χ1n) is 9.98. The summed E-state index contributed by atoms with van der Waals surface area (Å²) in [4.78, 5) is 28.4. The number of ether oxygens (including phenoxy) is 2. The van der Waals surface area contributed by atoms with Crippen LogP contribution in [0.15, 0.2) is 36.7 Å². The van der Waals surface area contributed by atoms with Crippen LogP contribution in [0.5, 0.6) is 11.5 Å². The Balaban J connectivity index is 1.91. The second-order valence-electron chi connectivity index (χ2n) is 7.30. The third-order valence-electron chi connectivity index (χ3n) is 5.25. The van der Waals surface area contributed by atoms with Gasteiger partial charge in [-0.1, -0.05) is 31.9 Å². The number of carboxylic acid groups (broad SMARTS) is 1. The number of carbonyl (C=O) groups excluding carboxylic acids is 1. The van der Waals surface area contributed by atoms with E-state index in [0.29, 0.717) is 45.5 Å². The molecule has 9 nitrogen and oxygen atoms in total. The van der Waals surface area contributed by atoms with Gasteiger partial charge in [0.2, 0.25) is 5.91 Å². The summed E-state index contributed by atoms with van der Waals surface area (Å²) in [5.41, 5.74) is 2.40. The van der Waals surface area contributed by atoms with Crippen molar-refractivity contribution in [1.29, 1.82) is 0 Å². The fourth-order valence-corrected chi connectivity index (χ4v) is 3.55. The molecule has 0 spiro atoms. The number of nitrogens with one attached hydrogen (secondary N) is 2. The fraction of sp³-hybridized carbons (Fsp3) is 0.318. The summed E-state index contributed by atoms with van der Waals surface area (Å²) in [6.07, 6.45) is 2.97. The second-order valence-corrected chi connectivity index (χ2v) is 7.70. The zero-order valence-corrected chi connectivity index (χ0v) is 18.9. The maximum Gasteiger partial charge on any atom is 0.405 e. The van der Waals surface area contributed by atoms with Crippen molar-refractivity contribution in [3.05, 3.63) is 41.7 Å². The number of pyridine rings is 1. The molecule has 0 bridgehead atoms. The Morgan fingerprint density at radius 1 is 1.22 bits per heavy atom. The van der Waals surface area contributed by atoms with Crippen molar-refractivity contribution in [1.82, 2.24) is 14.7 Å². The van der Waals surface area contributed by atoms with E-state index < -0.39 is 18.0 Å². The van der Waals surface area contributed by atoms with Crippen LogP contribution in [0.3, 0.4) is 0 Å². The average Bonchev–Trinajstić information content (AvgIpc) is 3.19. The van der Waals surface area contributed by atoms with Gasteiger partial charge in [-0.3, -0.25) is 4.79 Å². The molecule has 2 atom stereocenters. The summed E-state index contributed by atoms with van der Waals surface area (Å²) in [5, 5.41) is 14.5. The highest BCUT2D eigenvalue weighted by Crippen LogP contribution is 2.38. The van der Waals surface area contributed by atoms with Crippen molar-refractivity contribution in [3.8, 4) is 22.8 Å². The lowest BCUT2D eigenvalue weighted by atomic mass is 9.98. The van der Waals surface area contributed by atoms with Crippen molar-refractivity contribution in [2.75, 3.05) is 19.5 Å². The van der Waals surface area contributed by atoms with E-state index in [9.17, 15) is 9.59 Å². The Bertz CT molecular complexity index is 1150. The maximum atomic E-state index is 12.7. The molecule has 0 aliphatic rings. The monoisotopic (exact) mass is 460 g/mol. The number of hydrogen-bond acceptors (Lipinski definition) is 5. The zero-order valence-electron chi connectivity index (χ0n) is 18.2. The van der Waals surface area contributed by atoms with E-state index in [1.807, 2.05) is 20.0 Å². The Morgan fingerprint density at radius 3 is 2.56 bits per heavy atom. The molecule has 0 fully saturated rings. The van der Waals surface area contributed by atoms with Crippen molar-refractivity contribution < 1.29 is 24.2 Å². The number of rotatable bonds is 8. The van der Waals surface area contributed by atoms with Gasteiger partial charge in [0.1, 0.15) is 23.2 Å². The molecule has 2 amide bonds. The third kappa shape index (κ3) is 4.88. The number of halogens is 1. The van der Waals surface area contributed by atoms with Gasteiger partial charge in [-0.15, -0.1) is 0 Å². The lowest BCUT2D eigenvalue weighted by Crippen LogP contribution is -2.47. The topological polar surface area (TPSA) is 114 Å². The zero-order chi connectivity index (χ0) is 23.4. The number of amides is 2. The van der Waals surface area contributed by atoms with E-state index >= 15 is 0 Å². The third-order valence-corrected chi connectivity index (χ3v) is 5.55. The minimum absolute atomic E-state index is 0.167. The maximum absolute atomic E-state index is 12.7. The van der Waals surface area contributed by atoms with Gasteiger partial charge in [0, 0.05) is 35.8 Å². The van der Waals surface area contributed by atoms with Gasteiger partial charge in [0.15, 0.2) is 0 Å². The standard InChI is InChI=1S/C22H25ClN4O5/c1-5-12(2)20(26-22(29)30)21(28)24-13-6-7-27-11-16(25-19(27)8-13)14-9-15(23)18(32-4)10-17(14)31-3/h6-12,20,26H,5H2,1-4H3,(H,24,28)(H,29,30). The van der Waals surface area contributed by atoms with Crippen LogP contribution in [0.2, 0.25) is 5.02 Å². The number of carbonyl (C=O) groups is 2. The summed E-state index contributed by atoms with van der Waals surface area (Å²) in [6, 6.07) is 5.96. The van der Waals surface area contributed by atoms with Crippen LogP contribution in [0.1, 0.15) is 20.3 Å². The van der Waals surface area contributed by atoms with Gasteiger partial charge in [0.05, 0.1) is 24.9 Å². The number of hydrogen-bond donors (Lipinski definition) is 3. The van der Waals surface area contributed by atoms with Crippen LogP contribution in [-0.2, 0) is 4.79 Å². The summed E-state index contributed by atoms with van der Waals surface area (Å²) in [5.74, 6) is 0.452. The molecule has 2 aromatic heterocycles. The number of aromatic nitrogens is 2. The van der Waals surface area contributed by atoms with E-state index in [1.54, 1.807) is 42.0 Å². The van der Waals surface area contributed by atoms with Gasteiger partial charge in [0.25, 0.3) is 0 Å². The Morgan fingerprint density at radius 2 is 1.94 bits per heavy atom. The molecule has 0 aliphatic heterocycles. The van der Waals surface area contributed by atoms with Crippen LogP contribution in [0.4, 0.5) is 10.5 Å². The van der Waals surface area contributed by atoms with Crippen LogP contribution in [0, 0.1) is 5.92 Å². The second kappa shape index (κ2) is 9.78. The van der Waals surface area contributed by atoms with Crippen LogP contribution in [0.25, 0.3) is 16.9 Å². The molecule has 3 rings (SSSR count). The number of anilines is 1. The molecule has 3 aromatic rings. The van der Waals surface area contributed by atoms with Gasteiger partial charge < -0.3 is 29.6 Å². The average molecular weight is 461 g/mol. The van der Waals surface area contributed by atoms with E-state index in [1.165, 1.54) is 7.11 Å². The van der Waals surface area contributed by atoms with Crippen molar-refractivity contribution >= 4 is 34.9 Å². The molecule has 2 unspecified atom stereocenters. The summed E-state index contributed by atoms with van der Waals surface area (Å²) < 4.78 is 12.5. The lowest BCUT2D eigenvalue weighted by Gasteiger charge is -2.22. The molecule has 0 aliphatic carbocycles. The van der Waals surface area contributed by atoms with E-state index in [0.717, 1.165) is 0 Å². The summed E-state index contributed by atoms with van der Waals surface area (Å²) in [7, 11) is 3.08. The van der Waals surface area contributed by atoms with E-state index in [-0.39, 0.29) is 5.92 Å². The molecular weight excluding hydrogens is 436 g/mol. The molecule has 2 heterocycles.